The highest BCUT2D eigenvalue weighted by Gasteiger charge is 2.53. The van der Waals surface area contributed by atoms with E-state index in [0.29, 0.717) is 18.0 Å². The van der Waals surface area contributed by atoms with Gasteiger partial charge in [-0.1, -0.05) is 13.8 Å². The minimum absolute atomic E-state index is 0.156. The summed E-state index contributed by atoms with van der Waals surface area (Å²) in [6.45, 7) is 15.1. The molecule has 0 amide bonds. The van der Waals surface area contributed by atoms with Crippen LogP contribution in [-0.4, -0.2) is 60.0 Å². The SMILES string of the molecule is CCC(CC)N(CCO)CC1C(NC)C(C)(C)OC1(C)C. The van der Waals surface area contributed by atoms with E-state index in [1.54, 1.807) is 0 Å². The molecule has 1 heterocycles. The zero-order chi connectivity index (χ0) is 16.3. The van der Waals surface area contributed by atoms with Crippen molar-refractivity contribution in [3.05, 3.63) is 0 Å². The molecular formula is C17H36N2O2. The number of hydrogen-bond acceptors (Lipinski definition) is 4. The number of aliphatic hydroxyl groups excluding tert-OH is 1. The molecule has 21 heavy (non-hydrogen) atoms. The summed E-state index contributed by atoms with van der Waals surface area (Å²) in [5.41, 5.74) is -0.321. The molecule has 2 unspecified atom stereocenters. The third-order valence-electron chi connectivity index (χ3n) is 5.16. The Kier molecular flexibility index (Phi) is 6.66. The number of nitrogens with zero attached hydrogens (tertiary/aromatic N) is 1. The highest BCUT2D eigenvalue weighted by atomic mass is 16.5. The lowest BCUT2D eigenvalue weighted by Gasteiger charge is -2.37. The molecule has 0 aromatic heterocycles. The van der Waals surface area contributed by atoms with Crippen molar-refractivity contribution in [2.75, 3.05) is 26.7 Å². The fourth-order valence-corrected chi connectivity index (χ4v) is 4.19. The van der Waals surface area contributed by atoms with Crippen LogP contribution in [0.25, 0.3) is 0 Å². The van der Waals surface area contributed by atoms with Gasteiger partial charge in [-0.05, 0) is 47.6 Å². The Hall–Kier alpha value is -0.160. The number of ether oxygens (including phenoxy) is 1. The van der Waals surface area contributed by atoms with Crippen LogP contribution in [0.15, 0.2) is 0 Å². The van der Waals surface area contributed by atoms with Crippen molar-refractivity contribution in [2.24, 2.45) is 5.92 Å². The van der Waals surface area contributed by atoms with Crippen molar-refractivity contribution < 1.29 is 9.84 Å². The summed E-state index contributed by atoms with van der Waals surface area (Å²) in [6, 6.07) is 0.859. The lowest BCUT2D eigenvalue weighted by molar-refractivity contribution is -0.0804. The van der Waals surface area contributed by atoms with Crippen molar-refractivity contribution >= 4 is 0 Å². The van der Waals surface area contributed by atoms with Gasteiger partial charge in [-0.15, -0.1) is 0 Å². The lowest BCUT2D eigenvalue weighted by Crippen LogP contribution is -2.51. The van der Waals surface area contributed by atoms with Gasteiger partial charge in [-0.25, -0.2) is 0 Å². The fraction of sp³-hybridized carbons (Fsp3) is 1.00. The molecule has 2 atom stereocenters. The second-order valence-corrected chi connectivity index (χ2v) is 7.37. The molecular weight excluding hydrogens is 264 g/mol. The third kappa shape index (κ3) is 4.19. The zero-order valence-corrected chi connectivity index (χ0v) is 15.1. The monoisotopic (exact) mass is 300 g/mol. The van der Waals surface area contributed by atoms with Gasteiger partial charge < -0.3 is 15.2 Å². The van der Waals surface area contributed by atoms with Crippen LogP contribution < -0.4 is 5.32 Å². The molecule has 0 spiro atoms. The molecule has 1 saturated heterocycles. The lowest BCUT2D eigenvalue weighted by atomic mass is 9.82. The van der Waals surface area contributed by atoms with Gasteiger partial charge in [-0.3, -0.25) is 4.90 Å². The van der Waals surface area contributed by atoms with Gasteiger partial charge in [0.15, 0.2) is 0 Å². The molecule has 1 aliphatic heterocycles. The quantitative estimate of drug-likeness (QED) is 0.722. The average Bonchev–Trinajstić information content (AvgIpc) is 2.55. The van der Waals surface area contributed by atoms with E-state index in [0.717, 1.165) is 25.9 Å². The highest BCUT2D eigenvalue weighted by Crippen LogP contribution is 2.42. The van der Waals surface area contributed by atoms with Crippen LogP contribution in [0.1, 0.15) is 54.4 Å². The Balaban J connectivity index is 2.94. The van der Waals surface area contributed by atoms with E-state index in [-0.39, 0.29) is 17.8 Å². The molecule has 0 aromatic carbocycles. The molecule has 0 radical (unpaired) electrons. The van der Waals surface area contributed by atoms with Gasteiger partial charge in [-0.2, -0.15) is 0 Å². The van der Waals surface area contributed by atoms with Crippen LogP contribution in [0.2, 0.25) is 0 Å². The van der Waals surface area contributed by atoms with Crippen molar-refractivity contribution in [3.8, 4) is 0 Å². The molecule has 0 aromatic rings. The molecule has 4 heteroatoms. The Bertz CT molecular complexity index is 314. The number of likely N-dealkylation sites (N-methyl/N-ethyl adjacent to an activating group) is 1. The predicted molar refractivity (Wildman–Crippen MR) is 88.6 cm³/mol. The maximum absolute atomic E-state index is 9.42. The van der Waals surface area contributed by atoms with Crippen LogP contribution in [0.3, 0.4) is 0 Å². The number of nitrogens with one attached hydrogen (secondary N) is 1. The Labute approximate surface area is 131 Å². The van der Waals surface area contributed by atoms with Crippen LogP contribution in [0.5, 0.6) is 0 Å². The average molecular weight is 300 g/mol. The van der Waals surface area contributed by atoms with Crippen molar-refractivity contribution in [1.82, 2.24) is 10.2 Å². The van der Waals surface area contributed by atoms with Crippen LogP contribution >= 0.6 is 0 Å². The molecule has 0 bridgehead atoms. The minimum Gasteiger partial charge on any atom is -0.395 e. The van der Waals surface area contributed by atoms with Gasteiger partial charge in [0.1, 0.15) is 0 Å². The van der Waals surface area contributed by atoms with E-state index in [1.165, 1.54) is 0 Å². The van der Waals surface area contributed by atoms with Gasteiger partial charge >= 0.3 is 0 Å². The van der Waals surface area contributed by atoms with E-state index in [2.05, 4.69) is 51.8 Å². The van der Waals surface area contributed by atoms with Gasteiger partial charge in [0.05, 0.1) is 17.8 Å². The van der Waals surface area contributed by atoms with Gasteiger partial charge in [0.2, 0.25) is 0 Å². The summed E-state index contributed by atoms with van der Waals surface area (Å²) in [5, 5.41) is 12.9. The first-order valence-electron chi connectivity index (χ1n) is 8.45. The van der Waals surface area contributed by atoms with Gasteiger partial charge in [0, 0.05) is 31.1 Å². The summed E-state index contributed by atoms with van der Waals surface area (Å²) in [7, 11) is 2.03. The standard InChI is InChI=1S/C17H36N2O2/c1-8-13(9-2)19(10-11-20)12-14-15(18-7)17(5,6)21-16(14,3)4/h13-15,18,20H,8-12H2,1-7H3. The first-order valence-corrected chi connectivity index (χ1v) is 8.45. The Morgan fingerprint density at radius 2 is 1.71 bits per heavy atom. The van der Waals surface area contributed by atoms with Crippen molar-refractivity contribution in [1.29, 1.82) is 0 Å². The first-order chi connectivity index (χ1) is 9.73. The van der Waals surface area contributed by atoms with Gasteiger partial charge in [0.25, 0.3) is 0 Å². The molecule has 1 fully saturated rings. The number of rotatable bonds is 8. The molecule has 0 aliphatic carbocycles. The van der Waals surface area contributed by atoms with Crippen molar-refractivity contribution in [2.45, 2.75) is 77.7 Å². The van der Waals surface area contributed by atoms with Crippen LogP contribution in [0.4, 0.5) is 0 Å². The predicted octanol–water partition coefficient (Wildman–Crippen LogP) is 2.26. The minimum atomic E-state index is -0.165. The molecule has 1 aliphatic rings. The maximum atomic E-state index is 9.42. The maximum Gasteiger partial charge on any atom is 0.0790 e. The Morgan fingerprint density at radius 3 is 2.14 bits per heavy atom. The zero-order valence-electron chi connectivity index (χ0n) is 15.1. The van der Waals surface area contributed by atoms with E-state index in [9.17, 15) is 5.11 Å². The summed E-state index contributed by atoms with van der Waals surface area (Å²) in [4.78, 5) is 2.45. The second-order valence-electron chi connectivity index (χ2n) is 7.37. The summed E-state index contributed by atoms with van der Waals surface area (Å²) < 4.78 is 6.33. The van der Waals surface area contributed by atoms with E-state index in [4.69, 9.17) is 4.74 Å². The summed E-state index contributed by atoms with van der Waals surface area (Å²) in [5.74, 6) is 0.407. The summed E-state index contributed by atoms with van der Waals surface area (Å²) in [6.07, 6.45) is 2.25. The molecule has 4 nitrogen and oxygen atoms in total. The largest absolute Gasteiger partial charge is 0.395 e. The third-order valence-corrected chi connectivity index (χ3v) is 5.16. The Morgan fingerprint density at radius 1 is 1.14 bits per heavy atom. The molecule has 0 saturated carbocycles. The normalized spacial score (nSPS) is 27.7. The van der Waals surface area contributed by atoms with E-state index < -0.39 is 0 Å². The van der Waals surface area contributed by atoms with E-state index in [1.807, 2.05) is 7.05 Å². The summed E-state index contributed by atoms with van der Waals surface area (Å²) >= 11 is 0. The highest BCUT2D eigenvalue weighted by molar-refractivity contribution is 5.06. The fourth-order valence-electron chi connectivity index (χ4n) is 4.19. The molecule has 2 N–H and O–H groups in total. The number of hydrogen-bond donors (Lipinski definition) is 2. The van der Waals surface area contributed by atoms with Crippen LogP contribution in [-0.2, 0) is 4.74 Å². The first kappa shape index (κ1) is 18.9. The molecule has 126 valence electrons. The van der Waals surface area contributed by atoms with Crippen LogP contribution in [0, 0.1) is 5.92 Å². The second kappa shape index (κ2) is 7.40. The van der Waals surface area contributed by atoms with E-state index >= 15 is 0 Å². The van der Waals surface area contributed by atoms with Crippen molar-refractivity contribution in [3.63, 3.8) is 0 Å². The topological polar surface area (TPSA) is 44.7 Å². The number of aliphatic hydroxyl groups is 1. The molecule has 1 rings (SSSR count). The smallest absolute Gasteiger partial charge is 0.0790 e.